The van der Waals surface area contributed by atoms with Crippen LogP contribution in [0.15, 0.2) is 16.9 Å². The molecule has 0 amide bonds. The SMILES string of the molecule is COc1ncc(-n2nc(Br)c3c2CCOCC3)cc1C#N. The van der Waals surface area contributed by atoms with Crippen LogP contribution in [0.5, 0.6) is 5.88 Å². The molecule has 0 spiro atoms. The molecule has 2 aromatic heterocycles. The number of fused-ring (bicyclic) bond motifs is 1. The fourth-order valence-corrected chi connectivity index (χ4v) is 3.00. The highest BCUT2D eigenvalue weighted by molar-refractivity contribution is 9.10. The van der Waals surface area contributed by atoms with Gasteiger partial charge in [-0.05, 0) is 22.0 Å². The lowest BCUT2D eigenvalue weighted by atomic mass is 10.1. The Labute approximate surface area is 130 Å². The highest BCUT2D eigenvalue weighted by Crippen LogP contribution is 2.27. The summed E-state index contributed by atoms with van der Waals surface area (Å²) in [4.78, 5) is 4.17. The average molecular weight is 349 g/mol. The molecule has 0 bridgehead atoms. The van der Waals surface area contributed by atoms with Crippen molar-refractivity contribution >= 4 is 15.9 Å². The maximum Gasteiger partial charge on any atom is 0.231 e. The monoisotopic (exact) mass is 348 g/mol. The number of nitriles is 1. The van der Waals surface area contributed by atoms with Gasteiger partial charge in [-0.1, -0.05) is 0 Å². The Morgan fingerprint density at radius 3 is 3.00 bits per heavy atom. The summed E-state index contributed by atoms with van der Waals surface area (Å²) in [6, 6.07) is 3.82. The highest BCUT2D eigenvalue weighted by Gasteiger charge is 2.20. The standard InChI is InChI=1S/C14H13BrN4O2/c1-20-14-9(7-16)6-10(8-17-14)19-12-3-5-21-4-2-11(12)13(15)18-19/h6,8H,2-5H2,1H3. The molecule has 0 unspecified atom stereocenters. The first-order valence-corrected chi connectivity index (χ1v) is 7.32. The Kier molecular flexibility index (Phi) is 3.90. The maximum absolute atomic E-state index is 9.18. The molecule has 1 aliphatic heterocycles. The Morgan fingerprint density at radius 2 is 2.24 bits per heavy atom. The van der Waals surface area contributed by atoms with E-state index in [-0.39, 0.29) is 0 Å². The minimum atomic E-state index is 0.321. The molecule has 0 aromatic carbocycles. The Hall–Kier alpha value is -1.91. The molecular weight excluding hydrogens is 336 g/mol. The molecule has 3 heterocycles. The maximum atomic E-state index is 9.18. The van der Waals surface area contributed by atoms with Crippen molar-refractivity contribution in [1.29, 1.82) is 5.26 Å². The first-order valence-electron chi connectivity index (χ1n) is 6.53. The number of hydrogen-bond acceptors (Lipinski definition) is 5. The summed E-state index contributed by atoms with van der Waals surface area (Å²) >= 11 is 3.50. The zero-order valence-electron chi connectivity index (χ0n) is 11.5. The van der Waals surface area contributed by atoms with Crippen molar-refractivity contribution in [2.75, 3.05) is 20.3 Å². The van der Waals surface area contributed by atoms with Gasteiger partial charge in [0.1, 0.15) is 16.2 Å². The first-order chi connectivity index (χ1) is 10.2. The lowest BCUT2D eigenvalue weighted by Crippen LogP contribution is -2.06. The average Bonchev–Trinajstić information content (AvgIpc) is 2.70. The summed E-state index contributed by atoms with van der Waals surface area (Å²) < 4.78 is 13.2. The van der Waals surface area contributed by atoms with Crippen LogP contribution in [0.25, 0.3) is 5.69 Å². The van der Waals surface area contributed by atoms with E-state index in [4.69, 9.17) is 9.47 Å². The van der Waals surface area contributed by atoms with E-state index >= 15 is 0 Å². The zero-order chi connectivity index (χ0) is 14.8. The van der Waals surface area contributed by atoms with Crippen molar-refractivity contribution in [1.82, 2.24) is 14.8 Å². The number of aromatic nitrogens is 3. The van der Waals surface area contributed by atoms with Gasteiger partial charge in [-0.2, -0.15) is 10.4 Å². The van der Waals surface area contributed by atoms with Crippen molar-refractivity contribution in [3.8, 4) is 17.6 Å². The summed E-state index contributed by atoms with van der Waals surface area (Å²) in [6.45, 7) is 1.36. The van der Waals surface area contributed by atoms with Gasteiger partial charge in [0.2, 0.25) is 5.88 Å². The van der Waals surface area contributed by atoms with Gasteiger partial charge >= 0.3 is 0 Å². The van der Waals surface area contributed by atoms with Crippen LogP contribution < -0.4 is 4.74 Å². The third kappa shape index (κ3) is 2.52. The van der Waals surface area contributed by atoms with Crippen LogP contribution in [0.2, 0.25) is 0 Å². The molecule has 0 radical (unpaired) electrons. The second-order valence-electron chi connectivity index (χ2n) is 4.60. The molecule has 0 fully saturated rings. The number of rotatable bonds is 2. The molecule has 0 saturated carbocycles. The van der Waals surface area contributed by atoms with Crippen molar-refractivity contribution in [2.24, 2.45) is 0 Å². The van der Waals surface area contributed by atoms with Gasteiger partial charge in [0, 0.05) is 18.4 Å². The number of methoxy groups -OCH3 is 1. The highest BCUT2D eigenvalue weighted by atomic mass is 79.9. The molecule has 0 aliphatic carbocycles. The van der Waals surface area contributed by atoms with E-state index in [0.29, 0.717) is 24.7 Å². The Balaban J connectivity index is 2.11. The minimum Gasteiger partial charge on any atom is -0.480 e. The molecule has 0 atom stereocenters. The fraction of sp³-hybridized carbons (Fsp3) is 0.357. The summed E-state index contributed by atoms with van der Waals surface area (Å²) in [6.07, 6.45) is 3.26. The quantitative estimate of drug-likeness (QED) is 0.830. The molecular formula is C14H13BrN4O2. The van der Waals surface area contributed by atoms with Gasteiger partial charge in [0.25, 0.3) is 0 Å². The van der Waals surface area contributed by atoms with Crippen LogP contribution in [0.4, 0.5) is 0 Å². The smallest absolute Gasteiger partial charge is 0.231 e. The molecule has 21 heavy (non-hydrogen) atoms. The van der Waals surface area contributed by atoms with Crippen LogP contribution in [0.1, 0.15) is 16.8 Å². The second-order valence-corrected chi connectivity index (χ2v) is 5.35. The van der Waals surface area contributed by atoms with Crippen LogP contribution in [0.3, 0.4) is 0 Å². The van der Waals surface area contributed by atoms with E-state index in [9.17, 15) is 5.26 Å². The third-order valence-corrected chi connectivity index (χ3v) is 4.05. The third-order valence-electron chi connectivity index (χ3n) is 3.42. The van der Waals surface area contributed by atoms with Crippen molar-refractivity contribution in [2.45, 2.75) is 12.8 Å². The number of pyridine rings is 1. The molecule has 2 aromatic rings. The van der Waals surface area contributed by atoms with Gasteiger partial charge in [-0.15, -0.1) is 0 Å². The minimum absolute atomic E-state index is 0.321. The topological polar surface area (TPSA) is 73.0 Å². The van der Waals surface area contributed by atoms with E-state index in [1.807, 2.05) is 4.68 Å². The van der Waals surface area contributed by atoms with Gasteiger partial charge < -0.3 is 9.47 Å². The normalized spacial score (nSPS) is 14.1. The van der Waals surface area contributed by atoms with Crippen LogP contribution in [-0.4, -0.2) is 35.1 Å². The largest absolute Gasteiger partial charge is 0.480 e. The summed E-state index contributed by atoms with van der Waals surface area (Å²) in [5.41, 5.74) is 3.38. The van der Waals surface area contributed by atoms with Gasteiger partial charge in [-0.25, -0.2) is 9.67 Å². The number of ether oxygens (including phenoxy) is 2. The van der Waals surface area contributed by atoms with Crippen molar-refractivity contribution in [3.05, 3.63) is 33.7 Å². The lowest BCUT2D eigenvalue weighted by molar-refractivity contribution is 0.145. The first kappa shape index (κ1) is 14.0. The second kappa shape index (κ2) is 5.84. The zero-order valence-corrected chi connectivity index (χ0v) is 13.1. The molecule has 0 N–H and O–H groups in total. The number of nitrogens with zero attached hydrogens (tertiary/aromatic N) is 4. The van der Waals surface area contributed by atoms with Crippen molar-refractivity contribution < 1.29 is 9.47 Å². The molecule has 1 aliphatic rings. The summed E-state index contributed by atoms with van der Waals surface area (Å²) in [5, 5.41) is 13.7. The van der Waals surface area contributed by atoms with Gasteiger partial charge in [-0.3, -0.25) is 0 Å². The Bertz CT molecular complexity index is 720. The fourth-order valence-electron chi connectivity index (χ4n) is 2.42. The summed E-state index contributed by atoms with van der Waals surface area (Å²) in [5.74, 6) is 0.321. The Morgan fingerprint density at radius 1 is 1.43 bits per heavy atom. The number of hydrogen-bond donors (Lipinski definition) is 0. The van der Waals surface area contributed by atoms with Crippen molar-refractivity contribution in [3.63, 3.8) is 0 Å². The van der Waals surface area contributed by atoms with Crippen LogP contribution in [0, 0.1) is 11.3 Å². The van der Waals surface area contributed by atoms with E-state index in [1.165, 1.54) is 7.11 Å². The van der Waals surface area contributed by atoms with Gasteiger partial charge in [0.05, 0.1) is 37.9 Å². The van der Waals surface area contributed by atoms with E-state index in [0.717, 1.165) is 34.4 Å². The number of halogens is 1. The van der Waals surface area contributed by atoms with E-state index in [1.54, 1.807) is 12.3 Å². The molecule has 7 heteroatoms. The molecule has 6 nitrogen and oxygen atoms in total. The van der Waals surface area contributed by atoms with Crippen LogP contribution in [-0.2, 0) is 17.6 Å². The van der Waals surface area contributed by atoms with Gasteiger partial charge in [0.15, 0.2) is 0 Å². The lowest BCUT2D eigenvalue weighted by Gasteiger charge is -2.08. The summed E-state index contributed by atoms with van der Waals surface area (Å²) in [7, 11) is 1.50. The molecule has 108 valence electrons. The van der Waals surface area contributed by atoms with E-state index < -0.39 is 0 Å². The van der Waals surface area contributed by atoms with Crippen LogP contribution >= 0.6 is 15.9 Å². The van der Waals surface area contributed by atoms with E-state index in [2.05, 4.69) is 32.1 Å². The predicted octanol–water partition coefficient (Wildman–Crippen LogP) is 2.03. The molecule has 3 rings (SSSR count). The predicted molar refractivity (Wildman–Crippen MR) is 78.6 cm³/mol. The molecule has 0 saturated heterocycles.